The summed E-state index contributed by atoms with van der Waals surface area (Å²) in [6.45, 7) is 4.15. The number of rotatable bonds is 2. The molecule has 0 fully saturated rings. The highest BCUT2D eigenvalue weighted by Crippen LogP contribution is 2.33. The molecule has 0 saturated heterocycles. The summed E-state index contributed by atoms with van der Waals surface area (Å²) in [6.07, 6.45) is 1.57. The number of benzene rings is 1. The van der Waals surface area contributed by atoms with Gasteiger partial charge in [0.1, 0.15) is 6.07 Å². The monoisotopic (exact) mass is 238 g/mol. The molecule has 0 N–H and O–H groups in total. The second-order valence-corrected chi connectivity index (χ2v) is 4.86. The van der Waals surface area contributed by atoms with E-state index in [-0.39, 0.29) is 11.7 Å². The molecule has 0 aliphatic carbocycles. The fourth-order valence-electron chi connectivity index (χ4n) is 2.50. The Morgan fingerprint density at radius 3 is 2.89 bits per heavy atom. The van der Waals surface area contributed by atoms with Crippen molar-refractivity contribution in [1.29, 1.82) is 5.26 Å². The summed E-state index contributed by atoms with van der Waals surface area (Å²) in [6, 6.07) is 6.11. The molecule has 1 aliphatic rings. The van der Waals surface area contributed by atoms with E-state index >= 15 is 0 Å². The molecule has 1 heterocycles. The predicted octanol–water partition coefficient (Wildman–Crippen LogP) is 1.99. The SMILES string of the molecule is [B]C(C)Cc1cc(C#N)c2c(c1)CCN2C(C)=O. The van der Waals surface area contributed by atoms with E-state index in [1.165, 1.54) is 6.92 Å². The molecule has 0 bridgehead atoms. The van der Waals surface area contributed by atoms with Gasteiger partial charge in [0, 0.05) is 13.5 Å². The molecule has 2 radical (unpaired) electrons. The Bertz CT molecular complexity index is 531. The molecular weight excluding hydrogens is 223 g/mol. The number of nitriles is 1. The highest BCUT2D eigenvalue weighted by atomic mass is 16.2. The number of hydrogen-bond acceptors (Lipinski definition) is 2. The standard InChI is InChI=1S/C14H15BN2O/c1-9(15)5-11-6-12-3-4-17(10(2)18)14(12)13(7-11)8-16/h6-7,9H,3-5H2,1-2H3. The third kappa shape index (κ3) is 2.26. The highest BCUT2D eigenvalue weighted by molar-refractivity contribution is 6.11. The number of amides is 1. The number of hydrogen-bond donors (Lipinski definition) is 0. The first-order chi connectivity index (χ1) is 8.52. The maximum Gasteiger partial charge on any atom is 0.223 e. The van der Waals surface area contributed by atoms with Crippen LogP contribution in [0.2, 0.25) is 5.82 Å². The van der Waals surface area contributed by atoms with Crippen LogP contribution >= 0.6 is 0 Å². The lowest BCUT2D eigenvalue weighted by molar-refractivity contribution is -0.116. The number of anilines is 1. The molecule has 0 saturated carbocycles. The fourth-order valence-corrected chi connectivity index (χ4v) is 2.50. The van der Waals surface area contributed by atoms with E-state index in [2.05, 4.69) is 12.1 Å². The van der Waals surface area contributed by atoms with Crippen molar-refractivity contribution < 1.29 is 4.79 Å². The smallest absolute Gasteiger partial charge is 0.223 e. The summed E-state index contributed by atoms with van der Waals surface area (Å²) in [7, 11) is 5.79. The maximum absolute atomic E-state index is 11.5. The van der Waals surface area contributed by atoms with Gasteiger partial charge < -0.3 is 4.90 Å². The van der Waals surface area contributed by atoms with Crippen molar-refractivity contribution in [1.82, 2.24) is 0 Å². The van der Waals surface area contributed by atoms with Gasteiger partial charge in [-0.3, -0.25) is 4.79 Å². The van der Waals surface area contributed by atoms with Crippen LogP contribution in [-0.4, -0.2) is 20.3 Å². The average molecular weight is 238 g/mol. The highest BCUT2D eigenvalue weighted by Gasteiger charge is 2.26. The van der Waals surface area contributed by atoms with Gasteiger partial charge in [-0.25, -0.2) is 0 Å². The molecule has 1 aliphatic heterocycles. The van der Waals surface area contributed by atoms with Crippen LogP contribution < -0.4 is 4.90 Å². The topological polar surface area (TPSA) is 44.1 Å². The molecule has 90 valence electrons. The van der Waals surface area contributed by atoms with Gasteiger partial charge in [-0.05, 0) is 30.0 Å². The first-order valence-electron chi connectivity index (χ1n) is 6.12. The Morgan fingerprint density at radius 2 is 2.33 bits per heavy atom. The van der Waals surface area contributed by atoms with Crippen LogP contribution in [0.1, 0.15) is 30.5 Å². The van der Waals surface area contributed by atoms with Crippen LogP contribution in [0.3, 0.4) is 0 Å². The molecule has 2 rings (SSSR count). The van der Waals surface area contributed by atoms with Crippen molar-refractivity contribution in [2.75, 3.05) is 11.4 Å². The van der Waals surface area contributed by atoms with E-state index in [4.69, 9.17) is 7.85 Å². The third-order valence-corrected chi connectivity index (χ3v) is 3.18. The molecule has 0 aromatic heterocycles. The molecule has 1 aromatic rings. The molecule has 1 unspecified atom stereocenters. The molecular formula is C14H15BN2O. The third-order valence-electron chi connectivity index (χ3n) is 3.18. The lowest BCUT2D eigenvalue weighted by atomic mass is 9.83. The van der Waals surface area contributed by atoms with Gasteiger partial charge in [0.2, 0.25) is 5.91 Å². The van der Waals surface area contributed by atoms with Gasteiger partial charge in [0.25, 0.3) is 0 Å². The zero-order valence-corrected chi connectivity index (χ0v) is 10.7. The van der Waals surface area contributed by atoms with E-state index in [9.17, 15) is 10.1 Å². The van der Waals surface area contributed by atoms with Crippen LogP contribution in [-0.2, 0) is 17.6 Å². The molecule has 3 nitrogen and oxygen atoms in total. The molecule has 18 heavy (non-hydrogen) atoms. The van der Waals surface area contributed by atoms with Crippen molar-refractivity contribution in [2.45, 2.75) is 32.5 Å². The van der Waals surface area contributed by atoms with Crippen molar-refractivity contribution in [3.8, 4) is 6.07 Å². The van der Waals surface area contributed by atoms with Gasteiger partial charge in [0.05, 0.1) is 19.1 Å². The van der Waals surface area contributed by atoms with Gasteiger partial charge in [-0.15, -0.1) is 0 Å². The fraction of sp³-hybridized carbons (Fsp3) is 0.429. The number of nitrogens with zero attached hydrogens (tertiary/aromatic N) is 2. The Hall–Kier alpha value is -1.76. The zero-order chi connectivity index (χ0) is 13.3. The van der Waals surface area contributed by atoms with Crippen LogP contribution in [0.25, 0.3) is 0 Å². The Kier molecular flexibility index (Phi) is 3.42. The summed E-state index contributed by atoms with van der Waals surface area (Å²) >= 11 is 0. The van der Waals surface area contributed by atoms with E-state index in [1.807, 2.05) is 13.0 Å². The van der Waals surface area contributed by atoms with Crippen molar-refractivity contribution in [3.63, 3.8) is 0 Å². The summed E-state index contributed by atoms with van der Waals surface area (Å²) in [5.74, 6) is 0.0603. The number of carbonyl (C=O) groups excluding carboxylic acids is 1. The van der Waals surface area contributed by atoms with E-state index < -0.39 is 0 Å². The van der Waals surface area contributed by atoms with Crippen molar-refractivity contribution in [2.24, 2.45) is 0 Å². The van der Waals surface area contributed by atoms with Crippen LogP contribution in [0.4, 0.5) is 5.69 Å². The van der Waals surface area contributed by atoms with Gasteiger partial charge >= 0.3 is 0 Å². The Morgan fingerprint density at radius 1 is 1.61 bits per heavy atom. The van der Waals surface area contributed by atoms with Gasteiger partial charge in [-0.2, -0.15) is 5.26 Å². The Balaban J connectivity index is 2.47. The summed E-state index contributed by atoms with van der Waals surface area (Å²) in [5, 5.41) is 9.24. The quantitative estimate of drug-likeness (QED) is 0.739. The van der Waals surface area contributed by atoms with Crippen molar-refractivity contribution >= 4 is 19.4 Å². The maximum atomic E-state index is 11.5. The first-order valence-corrected chi connectivity index (χ1v) is 6.12. The number of fused-ring (bicyclic) bond motifs is 1. The second-order valence-electron chi connectivity index (χ2n) is 4.86. The minimum atomic E-state index is -0.00908. The molecule has 1 aromatic carbocycles. The van der Waals surface area contributed by atoms with Gasteiger partial charge in [0.15, 0.2) is 0 Å². The lowest BCUT2D eigenvalue weighted by Crippen LogP contribution is -2.26. The number of carbonyl (C=O) groups is 1. The molecule has 4 heteroatoms. The molecule has 1 amide bonds. The van der Waals surface area contributed by atoms with Crippen LogP contribution in [0, 0.1) is 11.3 Å². The molecule has 0 spiro atoms. The normalized spacial score (nSPS) is 15.1. The molecule has 1 atom stereocenters. The summed E-state index contributed by atoms with van der Waals surface area (Å²) < 4.78 is 0. The summed E-state index contributed by atoms with van der Waals surface area (Å²) in [4.78, 5) is 13.2. The largest absolute Gasteiger partial charge is 0.311 e. The van der Waals surface area contributed by atoms with Crippen LogP contribution in [0.15, 0.2) is 12.1 Å². The van der Waals surface area contributed by atoms with Gasteiger partial charge in [-0.1, -0.05) is 18.8 Å². The van der Waals surface area contributed by atoms with E-state index in [0.717, 1.165) is 29.7 Å². The average Bonchev–Trinajstić information content (AvgIpc) is 2.70. The minimum absolute atomic E-state index is 0.00908. The second kappa shape index (κ2) is 4.85. The van der Waals surface area contributed by atoms with Crippen LogP contribution in [0.5, 0.6) is 0 Å². The predicted molar refractivity (Wildman–Crippen MR) is 71.8 cm³/mol. The van der Waals surface area contributed by atoms with E-state index in [1.54, 1.807) is 4.90 Å². The minimum Gasteiger partial charge on any atom is -0.311 e. The van der Waals surface area contributed by atoms with Crippen molar-refractivity contribution in [3.05, 3.63) is 28.8 Å². The first kappa shape index (κ1) is 12.7. The Labute approximate surface area is 109 Å². The zero-order valence-electron chi connectivity index (χ0n) is 10.7. The van der Waals surface area contributed by atoms with E-state index in [0.29, 0.717) is 12.1 Å². The summed E-state index contributed by atoms with van der Waals surface area (Å²) in [5.41, 5.74) is 3.53. The lowest BCUT2D eigenvalue weighted by Gasteiger charge is -2.17.